The second kappa shape index (κ2) is 14.2. The molecule has 0 aromatic rings. The van der Waals surface area contributed by atoms with Gasteiger partial charge in [-0.3, -0.25) is 5.32 Å². The van der Waals surface area contributed by atoms with Crippen LogP contribution in [-0.2, 0) is 19.4 Å². The van der Waals surface area contributed by atoms with Gasteiger partial charge in [0.1, 0.15) is 13.3 Å². The monoisotopic (exact) mass is 483 g/mol. The molecule has 0 aromatic carbocycles. The maximum atomic E-state index is 12.1. The smallest absolute Gasteiger partial charge is 0.549 e. The van der Waals surface area contributed by atoms with Crippen LogP contribution in [-0.4, -0.2) is 55.4 Å². The van der Waals surface area contributed by atoms with Crippen molar-refractivity contribution in [3.8, 4) is 0 Å². The number of ether oxygens (including phenoxy) is 1. The number of aliphatic carboxylic acids is 1. The molecule has 0 bridgehead atoms. The third-order valence-corrected chi connectivity index (χ3v) is 5.66. The van der Waals surface area contributed by atoms with Crippen LogP contribution in [0.1, 0.15) is 67.2 Å². The van der Waals surface area contributed by atoms with E-state index in [2.05, 4.69) is 36.6 Å². The van der Waals surface area contributed by atoms with E-state index in [-0.39, 0.29) is 75.0 Å². The summed E-state index contributed by atoms with van der Waals surface area (Å²) in [6.07, 6.45) is 2.69. The summed E-state index contributed by atoms with van der Waals surface area (Å²) in [5.41, 5.74) is -0.961. The molecule has 1 rings (SSSR count). The molecule has 3 atom stereocenters. The quantitative estimate of drug-likeness (QED) is 0.0747. The van der Waals surface area contributed by atoms with Crippen LogP contribution in [0, 0.1) is 16.2 Å². The third-order valence-electron chi connectivity index (χ3n) is 5.66. The summed E-state index contributed by atoms with van der Waals surface area (Å²) in [6.45, 7) is 10.9. The van der Waals surface area contributed by atoms with E-state index in [0.29, 0.717) is 6.54 Å². The molecule has 3 unspecified atom stereocenters. The van der Waals surface area contributed by atoms with Crippen molar-refractivity contribution < 1.29 is 85.8 Å². The number of carbonyl (C=O) groups excluding carboxylic acids is 2. The predicted molar refractivity (Wildman–Crippen MR) is 113 cm³/mol. The zero-order chi connectivity index (χ0) is 23.7. The summed E-state index contributed by atoms with van der Waals surface area (Å²) in [6, 6.07) is 0.155. The standard InChI is InChI=1S/C21H39N3O7.K/c1-7-15(2)24-31-30-14-23-16-8-19(3,4)10-20(5,9-16)11-22-18(28)29-13-21(6,12-25)17(26)27;/h16,23,25H,7-14H2,1-6H3,(H,22,28)(H,26,27);/q;+1/p-1. The van der Waals surface area contributed by atoms with Crippen molar-refractivity contribution in [3.05, 3.63) is 0 Å². The molecule has 10 nitrogen and oxygen atoms in total. The van der Waals surface area contributed by atoms with Gasteiger partial charge >= 0.3 is 57.5 Å². The number of rotatable bonds is 12. The van der Waals surface area contributed by atoms with E-state index < -0.39 is 30.7 Å². The Bertz CT molecular complexity index is 647. The molecule has 1 aliphatic carbocycles. The van der Waals surface area contributed by atoms with Crippen LogP contribution >= 0.6 is 0 Å². The molecule has 1 fully saturated rings. The fourth-order valence-electron chi connectivity index (χ4n) is 3.98. The van der Waals surface area contributed by atoms with Crippen LogP contribution in [0.5, 0.6) is 0 Å². The molecule has 11 heteroatoms. The summed E-state index contributed by atoms with van der Waals surface area (Å²) >= 11 is 0. The summed E-state index contributed by atoms with van der Waals surface area (Å²) in [7, 11) is 0. The van der Waals surface area contributed by atoms with Gasteiger partial charge < -0.3 is 25.1 Å². The fourth-order valence-corrected chi connectivity index (χ4v) is 3.98. The van der Waals surface area contributed by atoms with Crippen molar-refractivity contribution in [2.24, 2.45) is 21.4 Å². The summed E-state index contributed by atoms with van der Waals surface area (Å²) in [5, 5.41) is 30.2. The Balaban J connectivity index is 0.00000961. The number of hydrogen-bond acceptors (Lipinski definition) is 9. The largest absolute Gasteiger partial charge is 1.00 e. The molecule has 32 heavy (non-hydrogen) atoms. The van der Waals surface area contributed by atoms with Gasteiger partial charge in [-0.25, -0.2) is 9.78 Å². The van der Waals surface area contributed by atoms with Crippen molar-refractivity contribution in [1.82, 2.24) is 10.6 Å². The van der Waals surface area contributed by atoms with Gasteiger partial charge in [0, 0.05) is 12.6 Å². The first kappa shape index (κ1) is 31.7. The van der Waals surface area contributed by atoms with E-state index in [1.54, 1.807) is 0 Å². The van der Waals surface area contributed by atoms with Gasteiger partial charge in [0.05, 0.1) is 23.7 Å². The van der Waals surface area contributed by atoms with Crippen LogP contribution < -0.4 is 67.1 Å². The molecular formula is C21H38KN3O7. The van der Waals surface area contributed by atoms with Gasteiger partial charge in [-0.15, -0.1) is 4.89 Å². The van der Waals surface area contributed by atoms with E-state index >= 15 is 0 Å². The fraction of sp³-hybridized carbons (Fsp3) is 0.857. The van der Waals surface area contributed by atoms with Crippen LogP contribution in [0.4, 0.5) is 4.79 Å². The van der Waals surface area contributed by atoms with Crippen molar-refractivity contribution >= 4 is 17.8 Å². The Morgan fingerprint density at radius 3 is 2.50 bits per heavy atom. The van der Waals surface area contributed by atoms with E-state index in [1.165, 1.54) is 6.92 Å². The predicted octanol–water partition coefficient (Wildman–Crippen LogP) is -1.67. The molecule has 0 heterocycles. The number of aliphatic hydroxyl groups excluding tert-OH is 1. The van der Waals surface area contributed by atoms with Crippen LogP contribution in [0.25, 0.3) is 0 Å². The molecule has 1 saturated carbocycles. The number of oxime groups is 1. The third kappa shape index (κ3) is 11.2. The molecule has 3 N–H and O–H groups in total. The first-order valence-corrected chi connectivity index (χ1v) is 10.6. The average Bonchev–Trinajstić information content (AvgIpc) is 2.68. The van der Waals surface area contributed by atoms with Gasteiger partial charge in [-0.1, -0.05) is 32.9 Å². The zero-order valence-corrected chi connectivity index (χ0v) is 23.7. The van der Waals surface area contributed by atoms with Crippen molar-refractivity contribution in [3.63, 3.8) is 0 Å². The van der Waals surface area contributed by atoms with Crippen LogP contribution in [0.15, 0.2) is 5.16 Å². The number of aliphatic hydroxyl groups is 1. The summed E-state index contributed by atoms with van der Waals surface area (Å²) < 4.78 is 5.00. The first-order valence-electron chi connectivity index (χ1n) is 10.6. The van der Waals surface area contributed by atoms with E-state index in [1.807, 2.05) is 13.8 Å². The number of nitrogens with zero attached hydrogens (tertiary/aromatic N) is 1. The van der Waals surface area contributed by atoms with Crippen molar-refractivity contribution in [2.45, 2.75) is 73.3 Å². The molecule has 0 saturated heterocycles. The maximum absolute atomic E-state index is 12.1. The van der Waals surface area contributed by atoms with Crippen molar-refractivity contribution in [2.75, 3.05) is 26.5 Å². The SMILES string of the molecule is CCC(C)=NOOCNC1CC(C)(C)CC(C)(CNC(=O)OCC(C)(CO)C(=O)[O-])C1.[K+]. The molecular weight excluding hydrogens is 445 g/mol. The number of carboxylic acids is 1. The Morgan fingerprint density at radius 2 is 1.94 bits per heavy atom. The van der Waals surface area contributed by atoms with E-state index in [9.17, 15) is 19.8 Å². The molecule has 180 valence electrons. The van der Waals surface area contributed by atoms with E-state index in [0.717, 1.165) is 31.4 Å². The van der Waals surface area contributed by atoms with Crippen LogP contribution in [0.3, 0.4) is 0 Å². The molecule has 0 aliphatic heterocycles. The molecule has 0 aromatic heterocycles. The average molecular weight is 484 g/mol. The minimum Gasteiger partial charge on any atom is -0.549 e. The number of hydrogen-bond donors (Lipinski definition) is 3. The van der Waals surface area contributed by atoms with Gasteiger partial charge in [0.15, 0.2) is 0 Å². The van der Waals surface area contributed by atoms with Gasteiger partial charge in [-0.05, 0) is 50.4 Å². The van der Waals surface area contributed by atoms with Crippen LogP contribution in [0.2, 0.25) is 0 Å². The Hall–Kier alpha value is -0.274. The molecule has 1 aliphatic rings. The molecule has 1 amide bonds. The number of amides is 1. The van der Waals surface area contributed by atoms with E-state index in [4.69, 9.17) is 14.6 Å². The number of alkyl carbamates (subject to hydrolysis) is 1. The Kier molecular flexibility index (Phi) is 14.1. The maximum Gasteiger partial charge on any atom is 1.00 e. The van der Waals surface area contributed by atoms with Gasteiger partial charge in [0.25, 0.3) is 0 Å². The normalized spacial score (nSPS) is 24.6. The second-order valence-electron chi connectivity index (χ2n) is 9.91. The summed E-state index contributed by atoms with van der Waals surface area (Å²) in [5.74, 6) is -1.47. The Morgan fingerprint density at radius 1 is 1.28 bits per heavy atom. The minimum atomic E-state index is -1.63. The number of nitrogens with one attached hydrogen (secondary N) is 2. The number of carboxylic acid groups (broad SMARTS) is 1. The van der Waals surface area contributed by atoms with Crippen molar-refractivity contribution in [1.29, 1.82) is 0 Å². The number of carbonyl (C=O) groups is 2. The topological polar surface area (TPSA) is 142 Å². The van der Waals surface area contributed by atoms with Gasteiger partial charge in [-0.2, -0.15) is 0 Å². The Labute approximate surface area is 233 Å². The molecule has 0 spiro atoms. The van der Waals surface area contributed by atoms with Gasteiger partial charge in [0.2, 0.25) is 0 Å². The molecule has 0 radical (unpaired) electrons. The minimum absolute atomic E-state index is 0. The second-order valence-corrected chi connectivity index (χ2v) is 9.91. The first-order chi connectivity index (χ1) is 14.3. The summed E-state index contributed by atoms with van der Waals surface area (Å²) in [4.78, 5) is 33.1. The zero-order valence-electron chi connectivity index (χ0n) is 20.6.